The zero-order valence-corrected chi connectivity index (χ0v) is 11.5. The van der Waals surface area contributed by atoms with Gasteiger partial charge in [0.25, 0.3) is 5.89 Å². The summed E-state index contributed by atoms with van der Waals surface area (Å²) < 4.78 is 18.7. The van der Waals surface area contributed by atoms with Crippen LogP contribution in [0.5, 0.6) is 0 Å². The van der Waals surface area contributed by atoms with Gasteiger partial charge in [-0.1, -0.05) is 11.2 Å². The lowest BCUT2D eigenvalue weighted by molar-refractivity contribution is 0.425. The van der Waals surface area contributed by atoms with Gasteiger partial charge in [-0.05, 0) is 26.0 Å². The zero-order valence-electron chi connectivity index (χ0n) is 11.5. The summed E-state index contributed by atoms with van der Waals surface area (Å²) in [6.07, 6.45) is 2.96. The molecule has 106 valence electrons. The first-order chi connectivity index (χ1) is 10.1. The molecule has 0 atom stereocenters. The fraction of sp³-hybridized carbons (Fsp3) is 0.143. The Hall–Kier alpha value is -2.83. The topological polar surface area (TPSA) is 76.7 Å². The van der Waals surface area contributed by atoms with E-state index >= 15 is 0 Å². The maximum atomic E-state index is 13.6. The number of aromatic nitrogens is 4. The third kappa shape index (κ3) is 2.58. The summed E-state index contributed by atoms with van der Waals surface area (Å²) in [6.45, 7) is 3.41. The lowest BCUT2D eigenvalue weighted by Gasteiger charge is -2.10. The van der Waals surface area contributed by atoms with Crippen molar-refractivity contribution in [1.29, 1.82) is 0 Å². The van der Waals surface area contributed by atoms with Crippen LogP contribution in [0.2, 0.25) is 0 Å². The van der Waals surface area contributed by atoms with E-state index in [9.17, 15) is 4.39 Å². The van der Waals surface area contributed by atoms with Crippen molar-refractivity contribution in [3.63, 3.8) is 0 Å². The van der Waals surface area contributed by atoms with E-state index in [1.54, 1.807) is 32.2 Å². The van der Waals surface area contributed by atoms with Crippen LogP contribution in [0.15, 0.2) is 35.2 Å². The first-order valence-electron chi connectivity index (χ1n) is 6.28. The fourth-order valence-corrected chi connectivity index (χ4v) is 1.86. The maximum absolute atomic E-state index is 13.6. The van der Waals surface area contributed by atoms with E-state index in [1.165, 1.54) is 12.4 Å². The Morgan fingerprint density at radius 1 is 1.24 bits per heavy atom. The summed E-state index contributed by atoms with van der Waals surface area (Å²) in [6, 6.07) is 4.80. The summed E-state index contributed by atoms with van der Waals surface area (Å²) in [5, 5.41) is 6.81. The maximum Gasteiger partial charge on any atom is 0.263 e. The van der Waals surface area contributed by atoms with Gasteiger partial charge >= 0.3 is 0 Å². The van der Waals surface area contributed by atoms with E-state index in [0.717, 1.165) is 0 Å². The molecule has 2 aromatic heterocycles. The summed E-state index contributed by atoms with van der Waals surface area (Å²) in [7, 11) is 0. The largest absolute Gasteiger partial charge is 0.339 e. The molecule has 0 aliphatic heterocycles. The first kappa shape index (κ1) is 13.2. The predicted octanol–water partition coefficient (Wildman–Crippen LogP) is 3.03. The summed E-state index contributed by atoms with van der Waals surface area (Å²) in [5.74, 6) is 1.01. The summed E-state index contributed by atoms with van der Waals surface area (Å²) >= 11 is 0. The summed E-state index contributed by atoms with van der Waals surface area (Å²) in [5.41, 5.74) is 1.68. The van der Waals surface area contributed by atoms with Crippen LogP contribution in [-0.2, 0) is 0 Å². The van der Waals surface area contributed by atoms with Crippen molar-refractivity contribution < 1.29 is 8.91 Å². The molecule has 0 spiro atoms. The molecular weight excluding hydrogens is 273 g/mol. The average Bonchev–Trinajstić information content (AvgIpc) is 2.91. The van der Waals surface area contributed by atoms with Crippen molar-refractivity contribution in [2.75, 3.05) is 5.32 Å². The standard InChI is InChI=1S/C14H12FN5O/c1-8-11(15)4-3-5-12(8)19-13-10(6-16-7-17-13)14-18-9(2)20-21-14/h3-7H,1-2H3,(H,16,17,19). The predicted molar refractivity (Wildman–Crippen MR) is 74.5 cm³/mol. The van der Waals surface area contributed by atoms with E-state index in [-0.39, 0.29) is 5.82 Å². The monoisotopic (exact) mass is 285 g/mol. The Morgan fingerprint density at radius 3 is 2.86 bits per heavy atom. The van der Waals surface area contributed by atoms with Crippen LogP contribution in [0.4, 0.5) is 15.9 Å². The number of hydrogen-bond donors (Lipinski definition) is 1. The molecule has 0 bridgehead atoms. The molecule has 0 aliphatic carbocycles. The normalized spacial score (nSPS) is 10.6. The molecule has 0 unspecified atom stereocenters. The van der Waals surface area contributed by atoms with Gasteiger partial charge in [0.05, 0.1) is 0 Å². The van der Waals surface area contributed by atoms with Crippen LogP contribution in [0.25, 0.3) is 11.5 Å². The number of aryl methyl sites for hydroxylation is 1. The number of benzene rings is 1. The molecule has 2 heterocycles. The van der Waals surface area contributed by atoms with Crippen molar-refractivity contribution in [2.45, 2.75) is 13.8 Å². The lowest BCUT2D eigenvalue weighted by atomic mass is 10.2. The molecule has 21 heavy (non-hydrogen) atoms. The van der Waals surface area contributed by atoms with Crippen LogP contribution in [0.1, 0.15) is 11.4 Å². The van der Waals surface area contributed by atoms with E-state index in [0.29, 0.717) is 34.3 Å². The van der Waals surface area contributed by atoms with Gasteiger partial charge in [0.2, 0.25) is 0 Å². The van der Waals surface area contributed by atoms with Crippen LogP contribution >= 0.6 is 0 Å². The Balaban J connectivity index is 2.02. The smallest absolute Gasteiger partial charge is 0.263 e. The van der Waals surface area contributed by atoms with Crippen molar-refractivity contribution in [3.05, 3.63) is 47.9 Å². The molecule has 0 radical (unpaired) electrons. The van der Waals surface area contributed by atoms with Crippen LogP contribution in [-0.4, -0.2) is 20.1 Å². The van der Waals surface area contributed by atoms with Crippen molar-refractivity contribution in [1.82, 2.24) is 20.1 Å². The lowest BCUT2D eigenvalue weighted by Crippen LogP contribution is -2.00. The molecule has 3 aromatic rings. The van der Waals surface area contributed by atoms with Gasteiger partial charge < -0.3 is 9.84 Å². The molecule has 0 aliphatic rings. The highest BCUT2D eigenvalue weighted by molar-refractivity contribution is 5.73. The van der Waals surface area contributed by atoms with Gasteiger partial charge in [0.1, 0.15) is 23.5 Å². The molecule has 0 saturated heterocycles. The van der Waals surface area contributed by atoms with Gasteiger partial charge in [0.15, 0.2) is 5.82 Å². The van der Waals surface area contributed by atoms with E-state index < -0.39 is 0 Å². The molecule has 0 fully saturated rings. The van der Waals surface area contributed by atoms with Crippen LogP contribution < -0.4 is 5.32 Å². The van der Waals surface area contributed by atoms with Gasteiger partial charge in [-0.25, -0.2) is 14.4 Å². The zero-order chi connectivity index (χ0) is 14.8. The van der Waals surface area contributed by atoms with E-state index in [2.05, 4.69) is 25.4 Å². The minimum Gasteiger partial charge on any atom is -0.339 e. The molecule has 6 nitrogen and oxygen atoms in total. The number of hydrogen-bond acceptors (Lipinski definition) is 6. The molecule has 3 rings (SSSR count). The second-order valence-corrected chi connectivity index (χ2v) is 4.47. The number of halogens is 1. The van der Waals surface area contributed by atoms with Gasteiger partial charge in [-0.3, -0.25) is 0 Å². The number of anilines is 2. The third-order valence-electron chi connectivity index (χ3n) is 2.99. The van der Waals surface area contributed by atoms with Crippen LogP contribution in [0.3, 0.4) is 0 Å². The fourth-order valence-electron chi connectivity index (χ4n) is 1.86. The second kappa shape index (κ2) is 5.28. The second-order valence-electron chi connectivity index (χ2n) is 4.47. The Labute approximate surface area is 120 Å². The molecule has 7 heteroatoms. The van der Waals surface area contributed by atoms with Gasteiger partial charge in [-0.15, -0.1) is 0 Å². The highest BCUT2D eigenvalue weighted by Gasteiger charge is 2.14. The van der Waals surface area contributed by atoms with Crippen molar-refractivity contribution in [2.24, 2.45) is 0 Å². The molecule has 1 N–H and O–H groups in total. The minimum atomic E-state index is -0.288. The minimum absolute atomic E-state index is 0.288. The quantitative estimate of drug-likeness (QED) is 0.797. The Bertz CT molecular complexity index is 787. The molecule has 0 amide bonds. The Kier molecular flexibility index (Phi) is 3.31. The van der Waals surface area contributed by atoms with Crippen molar-refractivity contribution >= 4 is 11.5 Å². The van der Waals surface area contributed by atoms with Crippen molar-refractivity contribution in [3.8, 4) is 11.5 Å². The number of nitrogens with one attached hydrogen (secondary N) is 1. The Morgan fingerprint density at radius 2 is 2.10 bits per heavy atom. The average molecular weight is 285 g/mol. The SMILES string of the molecule is Cc1noc(-c2cncnc2Nc2cccc(F)c2C)n1. The van der Waals surface area contributed by atoms with E-state index in [1.807, 2.05) is 0 Å². The summed E-state index contributed by atoms with van der Waals surface area (Å²) in [4.78, 5) is 12.3. The van der Waals surface area contributed by atoms with E-state index in [4.69, 9.17) is 4.52 Å². The number of rotatable bonds is 3. The number of nitrogens with zero attached hydrogens (tertiary/aromatic N) is 4. The van der Waals surface area contributed by atoms with Crippen LogP contribution in [0, 0.1) is 19.7 Å². The third-order valence-corrected chi connectivity index (χ3v) is 2.99. The molecule has 0 saturated carbocycles. The van der Waals surface area contributed by atoms with Gasteiger partial charge in [0, 0.05) is 17.4 Å². The molecule has 1 aromatic carbocycles. The first-order valence-corrected chi connectivity index (χ1v) is 6.28. The molecular formula is C14H12FN5O. The highest BCUT2D eigenvalue weighted by atomic mass is 19.1. The highest BCUT2D eigenvalue weighted by Crippen LogP contribution is 2.28. The van der Waals surface area contributed by atoms with Gasteiger partial charge in [-0.2, -0.15) is 4.98 Å².